The van der Waals surface area contributed by atoms with Gasteiger partial charge in [0.25, 0.3) is 0 Å². The van der Waals surface area contributed by atoms with E-state index in [9.17, 15) is 9.59 Å². The molecule has 0 aliphatic rings. The first-order valence-corrected chi connectivity index (χ1v) is 14.8. The van der Waals surface area contributed by atoms with Crippen LogP contribution in [0.3, 0.4) is 0 Å². The quantitative estimate of drug-likeness (QED) is 0.0787. The van der Waals surface area contributed by atoms with Gasteiger partial charge in [0.2, 0.25) is 0 Å². The van der Waals surface area contributed by atoms with Gasteiger partial charge in [-0.2, -0.15) is 0 Å². The van der Waals surface area contributed by atoms with E-state index >= 15 is 0 Å². The highest BCUT2D eigenvalue weighted by molar-refractivity contribution is 6.12. The molecule has 0 radical (unpaired) electrons. The molecule has 1 unspecified atom stereocenters. The van der Waals surface area contributed by atoms with Crippen LogP contribution >= 0.6 is 0 Å². The Morgan fingerprint density at radius 2 is 1.42 bits per heavy atom. The number of ether oxygens (including phenoxy) is 3. The van der Waals surface area contributed by atoms with E-state index in [-0.39, 0.29) is 5.78 Å². The van der Waals surface area contributed by atoms with Gasteiger partial charge in [0.05, 0.1) is 14.2 Å². The molecule has 0 spiro atoms. The largest absolute Gasteiger partial charge is 0.497 e. The van der Waals surface area contributed by atoms with Crippen LogP contribution < -0.4 is 20.1 Å². The summed E-state index contributed by atoms with van der Waals surface area (Å²) in [7, 11) is 3.02. The number of hydrogen-bond donors (Lipinski definition) is 2. The van der Waals surface area contributed by atoms with E-state index < -0.39 is 12.0 Å². The van der Waals surface area contributed by atoms with Gasteiger partial charge in [0, 0.05) is 41.0 Å². The van der Waals surface area contributed by atoms with Gasteiger partial charge in [0.15, 0.2) is 5.78 Å². The van der Waals surface area contributed by atoms with Gasteiger partial charge in [-0.05, 0) is 53.6 Å². The number of benzene rings is 5. The molecule has 0 heterocycles. The highest BCUT2D eigenvalue weighted by Crippen LogP contribution is 2.30. The summed E-state index contributed by atoms with van der Waals surface area (Å²) in [6.45, 7) is 1.07. The normalized spacial score (nSPS) is 11.2. The van der Waals surface area contributed by atoms with Crippen molar-refractivity contribution < 1.29 is 23.8 Å². The Morgan fingerprint density at radius 3 is 2.18 bits per heavy atom. The fourth-order valence-electron chi connectivity index (χ4n) is 5.07. The molecule has 0 saturated heterocycles. The second-order valence-corrected chi connectivity index (χ2v) is 10.4. The number of ketones is 1. The molecule has 7 nitrogen and oxygen atoms in total. The van der Waals surface area contributed by atoms with E-state index in [2.05, 4.69) is 22.8 Å². The lowest BCUT2D eigenvalue weighted by Crippen LogP contribution is -2.33. The van der Waals surface area contributed by atoms with E-state index in [4.69, 9.17) is 14.2 Å². The predicted molar refractivity (Wildman–Crippen MR) is 178 cm³/mol. The molecular weight excluding hydrogens is 564 g/mol. The van der Waals surface area contributed by atoms with Crippen LogP contribution in [-0.2, 0) is 16.0 Å². The monoisotopic (exact) mass is 600 g/mol. The second kappa shape index (κ2) is 15.3. The SMILES string of the molecule is COC(=O)C(Cc1ccc(OCCNc2ccccc2-c2cccc(OC)c2)cc1)Nc1ccccc1C(=O)c1ccccc1. The first-order chi connectivity index (χ1) is 22.1. The van der Waals surface area contributed by atoms with Gasteiger partial charge in [-0.3, -0.25) is 4.79 Å². The summed E-state index contributed by atoms with van der Waals surface area (Å²) in [6.07, 6.45) is 0.365. The fourth-order valence-corrected chi connectivity index (χ4v) is 5.07. The number of esters is 1. The Morgan fingerprint density at radius 1 is 0.711 bits per heavy atom. The highest BCUT2D eigenvalue weighted by Gasteiger charge is 2.22. The summed E-state index contributed by atoms with van der Waals surface area (Å²) in [4.78, 5) is 26.0. The number of para-hydroxylation sites is 2. The number of anilines is 2. The topological polar surface area (TPSA) is 85.9 Å². The van der Waals surface area contributed by atoms with Gasteiger partial charge in [0.1, 0.15) is 24.1 Å². The molecule has 45 heavy (non-hydrogen) atoms. The van der Waals surface area contributed by atoms with Crippen LogP contribution in [0.15, 0.2) is 127 Å². The zero-order chi connectivity index (χ0) is 31.4. The van der Waals surface area contributed by atoms with Crippen molar-refractivity contribution in [3.05, 3.63) is 144 Å². The van der Waals surface area contributed by atoms with E-state index in [1.807, 2.05) is 91.0 Å². The standard InChI is InChI=1S/C38H36N2O5/c1-43-31-14-10-13-29(26-31)32-15-6-8-17-34(32)39-23-24-45-30-21-19-27(20-22-30)25-36(38(42)44-2)40-35-18-9-7-16-33(35)37(41)28-11-4-3-5-12-28/h3-22,26,36,39-40H,23-25H2,1-2H3. The van der Waals surface area contributed by atoms with Crippen LogP contribution in [0.5, 0.6) is 11.5 Å². The second-order valence-electron chi connectivity index (χ2n) is 10.4. The molecule has 5 rings (SSSR count). The van der Waals surface area contributed by atoms with Gasteiger partial charge < -0.3 is 24.8 Å². The van der Waals surface area contributed by atoms with Crippen LogP contribution in [0.4, 0.5) is 11.4 Å². The summed E-state index contributed by atoms with van der Waals surface area (Å²) >= 11 is 0. The molecule has 7 heteroatoms. The lowest BCUT2D eigenvalue weighted by Gasteiger charge is -2.20. The van der Waals surface area contributed by atoms with Gasteiger partial charge >= 0.3 is 5.97 Å². The summed E-state index contributed by atoms with van der Waals surface area (Å²) in [5.74, 6) is 0.994. The highest BCUT2D eigenvalue weighted by atomic mass is 16.5. The van der Waals surface area contributed by atoms with Gasteiger partial charge in [-0.25, -0.2) is 4.79 Å². The summed E-state index contributed by atoms with van der Waals surface area (Å²) < 4.78 is 16.5. The van der Waals surface area contributed by atoms with Crippen molar-refractivity contribution in [2.75, 3.05) is 38.0 Å². The minimum Gasteiger partial charge on any atom is -0.497 e. The molecule has 5 aromatic carbocycles. The Balaban J connectivity index is 1.19. The average molecular weight is 601 g/mol. The summed E-state index contributed by atoms with van der Waals surface area (Å²) in [6, 6.07) is 39.3. The van der Waals surface area contributed by atoms with Crippen molar-refractivity contribution in [2.45, 2.75) is 12.5 Å². The summed E-state index contributed by atoms with van der Waals surface area (Å²) in [5, 5.41) is 6.72. The minimum absolute atomic E-state index is 0.123. The number of carbonyl (C=O) groups is 2. The molecule has 0 saturated carbocycles. The molecule has 1 atom stereocenters. The van der Waals surface area contributed by atoms with E-state index in [0.29, 0.717) is 36.4 Å². The molecule has 0 fully saturated rings. The maximum Gasteiger partial charge on any atom is 0.328 e. The maximum absolute atomic E-state index is 13.2. The Kier molecular flexibility index (Phi) is 10.5. The number of methoxy groups -OCH3 is 2. The number of nitrogens with one attached hydrogen (secondary N) is 2. The third kappa shape index (κ3) is 8.09. The number of hydrogen-bond acceptors (Lipinski definition) is 7. The first kappa shape index (κ1) is 30.9. The molecular formula is C38H36N2O5. The van der Waals surface area contributed by atoms with Crippen LogP contribution in [0.1, 0.15) is 21.5 Å². The zero-order valence-corrected chi connectivity index (χ0v) is 25.4. The van der Waals surface area contributed by atoms with Crippen molar-refractivity contribution in [3.8, 4) is 22.6 Å². The smallest absolute Gasteiger partial charge is 0.328 e. The molecule has 0 aliphatic carbocycles. The van der Waals surface area contributed by atoms with E-state index in [1.54, 1.807) is 31.4 Å². The van der Waals surface area contributed by atoms with Gasteiger partial charge in [-0.15, -0.1) is 0 Å². The molecule has 0 aliphatic heterocycles. The molecule has 228 valence electrons. The lowest BCUT2D eigenvalue weighted by molar-refractivity contribution is -0.141. The molecule has 0 bridgehead atoms. The van der Waals surface area contributed by atoms with Crippen molar-refractivity contribution in [3.63, 3.8) is 0 Å². The minimum atomic E-state index is -0.694. The van der Waals surface area contributed by atoms with E-state index in [0.717, 1.165) is 33.9 Å². The first-order valence-electron chi connectivity index (χ1n) is 14.8. The Bertz CT molecular complexity index is 1720. The lowest BCUT2D eigenvalue weighted by atomic mass is 10.00. The molecule has 5 aromatic rings. The third-order valence-electron chi connectivity index (χ3n) is 7.38. The van der Waals surface area contributed by atoms with Crippen molar-refractivity contribution >= 4 is 23.1 Å². The maximum atomic E-state index is 13.2. The summed E-state index contributed by atoms with van der Waals surface area (Å²) in [5.41, 5.74) is 5.72. The molecule has 0 aromatic heterocycles. The molecule has 0 amide bonds. The van der Waals surface area contributed by atoms with Crippen molar-refractivity contribution in [1.82, 2.24) is 0 Å². The predicted octanol–water partition coefficient (Wildman–Crippen LogP) is 7.28. The molecule has 2 N–H and O–H groups in total. The van der Waals surface area contributed by atoms with Crippen LogP contribution in [0, 0.1) is 0 Å². The number of rotatable bonds is 14. The van der Waals surface area contributed by atoms with Crippen LogP contribution in [0.25, 0.3) is 11.1 Å². The van der Waals surface area contributed by atoms with Crippen molar-refractivity contribution in [1.29, 1.82) is 0 Å². The van der Waals surface area contributed by atoms with Gasteiger partial charge in [-0.1, -0.05) is 84.9 Å². The zero-order valence-electron chi connectivity index (χ0n) is 25.4. The van der Waals surface area contributed by atoms with Crippen LogP contribution in [0.2, 0.25) is 0 Å². The van der Waals surface area contributed by atoms with Crippen molar-refractivity contribution in [2.24, 2.45) is 0 Å². The average Bonchev–Trinajstić information content (AvgIpc) is 3.10. The fraction of sp³-hybridized carbons (Fsp3) is 0.158. The van der Waals surface area contributed by atoms with Crippen LogP contribution in [-0.4, -0.2) is 45.2 Å². The Hall–Kier alpha value is -5.56. The Labute approximate surface area is 263 Å². The number of carbonyl (C=O) groups excluding carboxylic acids is 2. The third-order valence-corrected chi connectivity index (χ3v) is 7.38. The van der Waals surface area contributed by atoms with E-state index in [1.165, 1.54) is 7.11 Å².